The first-order valence-corrected chi connectivity index (χ1v) is 11.5. The number of rotatable bonds is 6. The molecule has 4 rings (SSSR count). The summed E-state index contributed by atoms with van der Waals surface area (Å²) in [6.45, 7) is 0. The average Bonchev–Trinajstić information content (AvgIpc) is 3.22. The van der Waals surface area contributed by atoms with Crippen molar-refractivity contribution in [2.75, 3.05) is 0 Å². The maximum Gasteiger partial charge on any atom is 0.337 e. The molecule has 0 fully saturated rings. The molecule has 1 amide bonds. The highest BCUT2D eigenvalue weighted by Gasteiger charge is 2.48. The van der Waals surface area contributed by atoms with Gasteiger partial charge in [0, 0.05) is 27.1 Å². The fourth-order valence-electron chi connectivity index (χ4n) is 3.93. The third kappa shape index (κ3) is 5.48. The molecule has 0 saturated heterocycles. The first kappa shape index (κ1) is 25.1. The number of halogens is 5. The van der Waals surface area contributed by atoms with E-state index in [0.717, 1.165) is 0 Å². The van der Waals surface area contributed by atoms with E-state index < -0.39 is 30.3 Å². The van der Waals surface area contributed by atoms with E-state index in [1.54, 1.807) is 66.7 Å². The summed E-state index contributed by atoms with van der Waals surface area (Å²) in [4.78, 5) is 23.8. The van der Waals surface area contributed by atoms with Crippen LogP contribution in [0.1, 0.15) is 30.0 Å². The number of carbonyl (C=O) groups is 2. The molecule has 180 valence electrons. The molecule has 1 heterocycles. The molecular formula is C25H17Cl3F2N2O3. The SMILES string of the molecule is O=C(O)CC(F)(F)C(=O)N1N=C(c2ccccc2-c2cc(Cl)cc(Cl)c2)CC1c1ccc(Cl)cc1. The molecule has 35 heavy (non-hydrogen) atoms. The summed E-state index contributed by atoms with van der Waals surface area (Å²) in [7, 11) is 0. The van der Waals surface area contributed by atoms with Gasteiger partial charge in [0.2, 0.25) is 0 Å². The summed E-state index contributed by atoms with van der Waals surface area (Å²) in [5.74, 6) is -7.63. The highest BCUT2D eigenvalue weighted by Crippen LogP contribution is 2.39. The molecule has 5 nitrogen and oxygen atoms in total. The molecule has 1 aliphatic heterocycles. The number of aliphatic carboxylic acids is 1. The minimum Gasteiger partial charge on any atom is -0.481 e. The Bertz CT molecular complexity index is 1310. The van der Waals surface area contributed by atoms with E-state index in [1.807, 2.05) is 0 Å². The fourth-order valence-corrected chi connectivity index (χ4v) is 4.59. The molecule has 1 N–H and O–H groups in total. The van der Waals surface area contributed by atoms with Crippen molar-refractivity contribution in [1.29, 1.82) is 0 Å². The van der Waals surface area contributed by atoms with Crippen LogP contribution in [0.5, 0.6) is 0 Å². The largest absolute Gasteiger partial charge is 0.481 e. The fraction of sp³-hybridized carbons (Fsp3) is 0.160. The molecule has 0 spiro atoms. The second-order valence-corrected chi connectivity index (χ2v) is 9.26. The molecule has 0 aliphatic carbocycles. The van der Waals surface area contributed by atoms with Crippen molar-refractivity contribution >= 4 is 52.4 Å². The lowest BCUT2D eigenvalue weighted by atomic mass is 9.92. The van der Waals surface area contributed by atoms with Gasteiger partial charge in [0.25, 0.3) is 0 Å². The molecule has 1 atom stereocenters. The second kappa shape index (κ2) is 9.93. The molecule has 0 bridgehead atoms. The van der Waals surface area contributed by atoms with Crippen molar-refractivity contribution in [3.63, 3.8) is 0 Å². The minimum atomic E-state index is -4.14. The summed E-state index contributed by atoms with van der Waals surface area (Å²) in [6, 6.07) is 17.6. The number of hydrogen-bond donors (Lipinski definition) is 1. The predicted molar refractivity (Wildman–Crippen MR) is 131 cm³/mol. The smallest absolute Gasteiger partial charge is 0.337 e. The number of hydrazone groups is 1. The van der Waals surface area contributed by atoms with Gasteiger partial charge >= 0.3 is 17.8 Å². The predicted octanol–water partition coefficient (Wildman–Crippen LogP) is 7.10. The van der Waals surface area contributed by atoms with Gasteiger partial charge in [-0.15, -0.1) is 0 Å². The summed E-state index contributed by atoms with van der Waals surface area (Å²) in [5.41, 5.74) is 2.87. The van der Waals surface area contributed by atoms with Crippen LogP contribution in [0.25, 0.3) is 11.1 Å². The van der Waals surface area contributed by atoms with E-state index in [1.165, 1.54) is 0 Å². The van der Waals surface area contributed by atoms with Gasteiger partial charge in [-0.3, -0.25) is 9.59 Å². The summed E-state index contributed by atoms with van der Waals surface area (Å²) in [5, 5.41) is 15.1. The Morgan fingerprint density at radius 3 is 2.14 bits per heavy atom. The van der Waals surface area contributed by atoms with Crippen LogP contribution in [0, 0.1) is 0 Å². The zero-order valence-corrected chi connectivity index (χ0v) is 20.2. The van der Waals surface area contributed by atoms with Gasteiger partial charge < -0.3 is 5.11 Å². The van der Waals surface area contributed by atoms with Crippen LogP contribution in [0.3, 0.4) is 0 Å². The van der Waals surface area contributed by atoms with E-state index in [9.17, 15) is 18.4 Å². The molecule has 1 aliphatic rings. The van der Waals surface area contributed by atoms with Gasteiger partial charge in [0.1, 0.15) is 6.42 Å². The van der Waals surface area contributed by atoms with Gasteiger partial charge in [-0.05, 0) is 47.0 Å². The molecule has 10 heteroatoms. The summed E-state index contributed by atoms with van der Waals surface area (Å²) >= 11 is 18.3. The maximum atomic E-state index is 14.5. The van der Waals surface area contributed by atoms with Crippen LogP contribution in [-0.2, 0) is 9.59 Å². The van der Waals surface area contributed by atoms with Gasteiger partial charge in [0.15, 0.2) is 0 Å². The van der Waals surface area contributed by atoms with Gasteiger partial charge in [-0.25, -0.2) is 5.01 Å². The monoisotopic (exact) mass is 536 g/mol. The Balaban J connectivity index is 1.80. The second-order valence-electron chi connectivity index (χ2n) is 7.95. The Labute approximate surface area is 214 Å². The topological polar surface area (TPSA) is 70.0 Å². The molecule has 0 saturated carbocycles. The zero-order chi connectivity index (χ0) is 25.3. The van der Waals surface area contributed by atoms with E-state index in [2.05, 4.69) is 5.10 Å². The number of nitrogens with zero attached hydrogens (tertiary/aromatic N) is 2. The van der Waals surface area contributed by atoms with Crippen molar-refractivity contribution < 1.29 is 23.5 Å². The van der Waals surface area contributed by atoms with Gasteiger partial charge in [-0.2, -0.15) is 13.9 Å². The van der Waals surface area contributed by atoms with Crippen molar-refractivity contribution in [1.82, 2.24) is 5.01 Å². The van der Waals surface area contributed by atoms with Crippen molar-refractivity contribution in [2.45, 2.75) is 24.8 Å². The average molecular weight is 538 g/mol. The lowest BCUT2D eigenvalue weighted by Gasteiger charge is -2.25. The quantitative estimate of drug-likeness (QED) is 0.365. The van der Waals surface area contributed by atoms with Crippen molar-refractivity contribution in [3.05, 3.63) is 92.9 Å². The lowest BCUT2D eigenvalue weighted by Crippen LogP contribution is -2.42. The van der Waals surface area contributed by atoms with Crippen LogP contribution in [-0.4, -0.2) is 33.6 Å². The molecule has 3 aromatic rings. The number of carbonyl (C=O) groups excluding carboxylic acids is 1. The third-order valence-electron chi connectivity index (χ3n) is 5.47. The minimum absolute atomic E-state index is 0.113. The lowest BCUT2D eigenvalue weighted by molar-refractivity contribution is -0.167. The Morgan fingerprint density at radius 2 is 1.54 bits per heavy atom. The first-order valence-electron chi connectivity index (χ1n) is 10.4. The number of alkyl halides is 2. The van der Waals surface area contributed by atoms with Crippen LogP contribution in [0.15, 0.2) is 71.8 Å². The standard InChI is InChI=1S/C25H17Cl3F2N2O3/c26-16-7-5-14(6-8-16)22-12-21(31-32(22)24(35)25(29,30)13-23(33)34)20-4-2-1-3-19(20)15-9-17(27)11-18(28)10-15/h1-11,22H,12-13H2,(H,33,34). The van der Waals surface area contributed by atoms with E-state index in [4.69, 9.17) is 39.9 Å². The number of hydrogen-bond acceptors (Lipinski definition) is 3. The van der Waals surface area contributed by atoms with Gasteiger partial charge in [0.05, 0.1) is 11.8 Å². The van der Waals surface area contributed by atoms with E-state index in [0.29, 0.717) is 48.0 Å². The number of amides is 1. The normalized spacial score (nSPS) is 15.7. The van der Waals surface area contributed by atoms with Crippen molar-refractivity contribution in [3.8, 4) is 11.1 Å². The number of carboxylic acids is 1. The first-order chi connectivity index (χ1) is 16.5. The maximum absolute atomic E-state index is 14.5. The Kier molecular flexibility index (Phi) is 7.12. The molecule has 0 radical (unpaired) electrons. The number of carboxylic acid groups (broad SMARTS) is 1. The number of benzene rings is 3. The highest BCUT2D eigenvalue weighted by molar-refractivity contribution is 6.35. The van der Waals surface area contributed by atoms with E-state index in [-0.39, 0.29) is 6.42 Å². The summed E-state index contributed by atoms with van der Waals surface area (Å²) in [6.07, 6.45) is -1.53. The molecular weight excluding hydrogens is 521 g/mol. The van der Waals surface area contributed by atoms with Crippen LogP contribution in [0.4, 0.5) is 8.78 Å². The zero-order valence-electron chi connectivity index (χ0n) is 17.9. The van der Waals surface area contributed by atoms with Gasteiger partial charge in [-0.1, -0.05) is 71.2 Å². The molecule has 0 aromatic heterocycles. The molecule has 1 unspecified atom stereocenters. The summed E-state index contributed by atoms with van der Waals surface area (Å²) < 4.78 is 29.1. The molecule has 3 aromatic carbocycles. The highest BCUT2D eigenvalue weighted by atomic mass is 35.5. The van der Waals surface area contributed by atoms with Crippen LogP contribution >= 0.6 is 34.8 Å². The van der Waals surface area contributed by atoms with Crippen molar-refractivity contribution in [2.24, 2.45) is 5.10 Å². The van der Waals surface area contributed by atoms with Crippen LogP contribution < -0.4 is 0 Å². The Morgan fingerprint density at radius 1 is 0.943 bits per heavy atom. The third-order valence-corrected chi connectivity index (χ3v) is 6.16. The van der Waals surface area contributed by atoms with E-state index >= 15 is 0 Å². The van der Waals surface area contributed by atoms with Crippen LogP contribution in [0.2, 0.25) is 15.1 Å². The Hall–Kier alpha value is -3.00.